The Balaban J connectivity index is 2.11. The van der Waals surface area contributed by atoms with E-state index in [1.807, 2.05) is 24.3 Å². The number of rotatable bonds is 5. The average molecular weight is 418 g/mol. The molecule has 0 amide bonds. The lowest BCUT2D eigenvalue weighted by Gasteiger charge is -2.07. The molecule has 2 rings (SSSR count). The summed E-state index contributed by atoms with van der Waals surface area (Å²) >= 11 is 2.16. The summed E-state index contributed by atoms with van der Waals surface area (Å²) in [6.07, 6.45) is 0. The van der Waals surface area contributed by atoms with Crippen LogP contribution in [0.4, 0.5) is 5.69 Å². The number of hydrogen-bond donors (Lipinski definition) is 1. The zero-order chi connectivity index (χ0) is 15.5. The van der Waals surface area contributed by atoms with E-state index < -0.39 is 14.9 Å². The summed E-state index contributed by atoms with van der Waals surface area (Å²) in [5.74, 6) is 0. The first kappa shape index (κ1) is 15.9. The van der Waals surface area contributed by atoms with E-state index in [1.54, 1.807) is 0 Å². The van der Waals surface area contributed by atoms with Crippen LogP contribution in [0.1, 0.15) is 5.56 Å². The summed E-state index contributed by atoms with van der Waals surface area (Å²) in [6.45, 7) is 0.163. The van der Waals surface area contributed by atoms with Crippen LogP contribution >= 0.6 is 22.6 Å². The van der Waals surface area contributed by atoms with Crippen molar-refractivity contribution in [1.29, 1.82) is 0 Å². The Labute approximate surface area is 135 Å². The van der Waals surface area contributed by atoms with Gasteiger partial charge in [0.1, 0.15) is 0 Å². The van der Waals surface area contributed by atoms with Crippen LogP contribution in [0.15, 0.2) is 53.4 Å². The molecule has 0 aromatic heterocycles. The first-order chi connectivity index (χ1) is 9.88. The molecule has 1 N–H and O–H groups in total. The van der Waals surface area contributed by atoms with Gasteiger partial charge in [-0.15, -0.1) is 0 Å². The van der Waals surface area contributed by atoms with Crippen LogP contribution in [0.3, 0.4) is 0 Å². The molecular formula is C13H11IN2O4S. The number of nitrogens with one attached hydrogen (secondary N) is 1. The largest absolute Gasteiger partial charge is 0.269 e. The van der Waals surface area contributed by atoms with Crippen molar-refractivity contribution in [2.45, 2.75) is 11.4 Å². The van der Waals surface area contributed by atoms with E-state index in [-0.39, 0.29) is 17.1 Å². The van der Waals surface area contributed by atoms with Crippen LogP contribution in [0, 0.1) is 13.7 Å². The minimum absolute atomic E-state index is 0.00129. The highest BCUT2D eigenvalue weighted by molar-refractivity contribution is 14.1. The maximum Gasteiger partial charge on any atom is 0.269 e. The fourth-order valence-corrected chi connectivity index (χ4v) is 2.99. The number of nitro groups is 1. The molecule has 110 valence electrons. The maximum absolute atomic E-state index is 12.1. The molecule has 8 heteroatoms. The SMILES string of the molecule is O=[N+]([O-])c1ccc(S(=O)(=O)NCc2ccc(I)cc2)cc1. The van der Waals surface area contributed by atoms with Gasteiger partial charge in [-0.05, 0) is 52.4 Å². The van der Waals surface area contributed by atoms with Gasteiger partial charge >= 0.3 is 0 Å². The van der Waals surface area contributed by atoms with Gasteiger partial charge in [0.15, 0.2) is 0 Å². The van der Waals surface area contributed by atoms with Gasteiger partial charge in [0, 0.05) is 22.2 Å². The van der Waals surface area contributed by atoms with Crippen molar-refractivity contribution < 1.29 is 13.3 Å². The molecule has 0 saturated heterocycles. The molecule has 0 aliphatic rings. The molecule has 0 spiro atoms. The monoisotopic (exact) mass is 418 g/mol. The smallest absolute Gasteiger partial charge is 0.258 e. The van der Waals surface area contributed by atoms with E-state index in [4.69, 9.17) is 0 Å². The number of sulfonamides is 1. The number of hydrogen-bond acceptors (Lipinski definition) is 4. The van der Waals surface area contributed by atoms with E-state index in [0.717, 1.165) is 9.13 Å². The lowest BCUT2D eigenvalue weighted by Crippen LogP contribution is -2.23. The number of non-ortho nitro benzene ring substituents is 1. The maximum atomic E-state index is 12.1. The highest BCUT2D eigenvalue weighted by atomic mass is 127. The standard InChI is InChI=1S/C13H11IN2O4S/c14-11-3-1-10(2-4-11)9-15-21(19,20)13-7-5-12(6-8-13)16(17)18/h1-8,15H,9H2. The summed E-state index contributed by atoms with van der Waals surface area (Å²) in [4.78, 5) is 9.96. The third-order valence-electron chi connectivity index (χ3n) is 2.74. The minimum Gasteiger partial charge on any atom is -0.258 e. The lowest BCUT2D eigenvalue weighted by molar-refractivity contribution is -0.384. The Kier molecular flexibility index (Phi) is 4.91. The molecule has 0 aliphatic heterocycles. The Morgan fingerprint density at radius 2 is 1.62 bits per heavy atom. The summed E-state index contributed by atoms with van der Waals surface area (Å²) in [5.41, 5.74) is 0.687. The Morgan fingerprint density at radius 1 is 1.05 bits per heavy atom. The Bertz CT molecular complexity index is 743. The molecule has 0 fully saturated rings. The van der Waals surface area contributed by atoms with Gasteiger partial charge in [-0.3, -0.25) is 10.1 Å². The van der Waals surface area contributed by atoms with Crippen molar-refractivity contribution in [2.75, 3.05) is 0 Å². The normalized spacial score (nSPS) is 11.3. The van der Waals surface area contributed by atoms with E-state index in [0.29, 0.717) is 0 Å². The van der Waals surface area contributed by atoms with Gasteiger partial charge in [-0.1, -0.05) is 12.1 Å². The van der Waals surface area contributed by atoms with Crippen molar-refractivity contribution in [3.8, 4) is 0 Å². The molecule has 21 heavy (non-hydrogen) atoms. The topological polar surface area (TPSA) is 89.3 Å². The summed E-state index contributed by atoms with van der Waals surface area (Å²) in [5, 5.41) is 10.5. The zero-order valence-corrected chi connectivity index (χ0v) is 13.7. The van der Waals surface area contributed by atoms with E-state index in [2.05, 4.69) is 27.3 Å². The third kappa shape index (κ3) is 4.22. The van der Waals surface area contributed by atoms with E-state index in [1.165, 1.54) is 24.3 Å². The highest BCUT2D eigenvalue weighted by Gasteiger charge is 2.15. The lowest BCUT2D eigenvalue weighted by atomic mass is 10.2. The van der Waals surface area contributed by atoms with Crippen LogP contribution < -0.4 is 4.72 Å². The fraction of sp³-hybridized carbons (Fsp3) is 0.0769. The summed E-state index contributed by atoms with van der Waals surface area (Å²) < 4.78 is 27.7. The molecule has 0 atom stereocenters. The Hall–Kier alpha value is -1.52. The van der Waals surface area contributed by atoms with E-state index in [9.17, 15) is 18.5 Å². The fourth-order valence-electron chi connectivity index (χ4n) is 1.61. The number of benzene rings is 2. The Morgan fingerprint density at radius 3 is 2.14 bits per heavy atom. The second-order valence-electron chi connectivity index (χ2n) is 4.20. The van der Waals surface area contributed by atoms with Crippen LogP contribution in [0.2, 0.25) is 0 Å². The van der Waals surface area contributed by atoms with Crippen molar-refractivity contribution in [3.05, 3.63) is 67.8 Å². The number of halogens is 1. The predicted octanol–water partition coefficient (Wildman–Crippen LogP) is 2.68. The van der Waals surface area contributed by atoms with Gasteiger partial charge < -0.3 is 0 Å². The molecule has 0 bridgehead atoms. The zero-order valence-electron chi connectivity index (χ0n) is 10.7. The molecule has 6 nitrogen and oxygen atoms in total. The van der Waals surface area contributed by atoms with Crippen LogP contribution in [0.25, 0.3) is 0 Å². The molecule has 2 aromatic rings. The first-order valence-electron chi connectivity index (χ1n) is 5.87. The molecule has 2 aromatic carbocycles. The molecule has 0 saturated carbocycles. The highest BCUT2D eigenvalue weighted by Crippen LogP contribution is 2.16. The van der Waals surface area contributed by atoms with Crippen molar-refractivity contribution in [1.82, 2.24) is 4.72 Å². The van der Waals surface area contributed by atoms with Crippen molar-refractivity contribution >= 4 is 38.3 Å². The minimum atomic E-state index is -3.69. The molecule has 0 aliphatic carbocycles. The second-order valence-corrected chi connectivity index (χ2v) is 7.21. The van der Waals surface area contributed by atoms with Gasteiger partial charge in [0.2, 0.25) is 10.0 Å². The third-order valence-corrected chi connectivity index (χ3v) is 4.87. The number of nitro benzene ring substituents is 1. The predicted molar refractivity (Wildman–Crippen MR) is 86.3 cm³/mol. The van der Waals surface area contributed by atoms with Crippen LogP contribution in [-0.4, -0.2) is 13.3 Å². The molecule has 0 unspecified atom stereocenters. The first-order valence-corrected chi connectivity index (χ1v) is 8.43. The van der Waals surface area contributed by atoms with Gasteiger partial charge in [0.25, 0.3) is 5.69 Å². The summed E-state index contributed by atoms with van der Waals surface area (Å²) in [6, 6.07) is 12.2. The molecule has 0 heterocycles. The summed E-state index contributed by atoms with van der Waals surface area (Å²) in [7, 11) is -3.69. The molecule has 0 radical (unpaired) electrons. The van der Waals surface area contributed by atoms with Crippen LogP contribution in [-0.2, 0) is 16.6 Å². The molecular weight excluding hydrogens is 407 g/mol. The van der Waals surface area contributed by atoms with Gasteiger partial charge in [-0.25, -0.2) is 13.1 Å². The van der Waals surface area contributed by atoms with Crippen molar-refractivity contribution in [3.63, 3.8) is 0 Å². The van der Waals surface area contributed by atoms with Crippen molar-refractivity contribution in [2.24, 2.45) is 0 Å². The quantitative estimate of drug-likeness (QED) is 0.460. The van der Waals surface area contributed by atoms with Gasteiger partial charge in [-0.2, -0.15) is 0 Å². The van der Waals surface area contributed by atoms with Crippen LogP contribution in [0.5, 0.6) is 0 Å². The average Bonchev–Trinajstić information content (AvgIpc) is 2.47. The number of nitrogens with zero attached hydrogens (tertiary/aromatic N) is 1. The van der Waals surface area contributed by atoms with Gasteiger partial charge in [0.05, 0.1) is 9.82 Å². The second kappa shape index (κ2) is 6.50. The van der Waals surface area contributed by atoms with E-state index >= 15 is 0 Å².